The van der Waals surface area contributed by atoms with Gasteiger partial charge in [-0.3, -0.25) is 4.79 Å². The van der Waals surface area contributed by atoms with Gasteiger partial charge >= 0.3 is 5.97 Å². The highest BCUT2D eigenvalue weighted by Crippen LogP contribution is 2.29. The van der Waals surface area contributed by atoms with Crippen LogP contribution in [0.4, 0.5) is 4.79 Å². The number of amides is 1. The third-order valence-corrected chi connectivity index (χ3v) is 4.33. The van der Waals surface area contributed by atoms with Crippen LogP contribution in [-0.2, 0) is 9.53 Å². The van der Waals surface area contributed by atoms with E-state index in [0.717, 1.165) is 22.0 Å². The molecule has 1 heterocycles. The first kappa shape index (κ1) is 15.5. The maximum atomic E-state index is 11.7. The predicted molar refractivity (Wildman–Crippen MR) is 84.6 cm³/mol. The number of nitrogens with zero attached hydrogens (tertiary/aromatic N) is 1. The molecule has 1 N–H and O–H groups in total. The highest BCUT2D eigenvalue weighted by Gasteiger charge is 2.10. The highest BCUT2D eigenvalue weighted by atomic mass is 32.2. The summed E-state index contributed by atoms with van der Waals surface area (Å²) >= 11 is 2.50. The Kier molecular flexibility index (Phi) is 5.35. The van der Waals surface area contributed by atoms with Crippen molar-refractivity contribution in [3.8, 4) is 0 Å². The Morgan fingerprint density at radius 1 is 1.43 bits per heavy atom. The van der Waals surface area contributed by atoms with Crippen molar-refractivity contribution in [2.24, 2.45) is 0 Å². The van der Waals surface area contributed by atoms with Gasteiger partial charge in [0.05, 0.1) is 16.8 Å². The minimum Gasteiger partial charge on any atom is -0.460 e. The van der Waals surface area contributed by atoms with Crippen LogP contribution in [0.2, 0.25) is 0 Å². The SMILES string of the molecule is C=C(C)C(=O)OCCNC(=O)Sc1nc2ccccc2s1. The molecule has 0 aliphatic carbocycles. The Hall–Kier alpha value is -1.86. The highest BCUT2D eigenvalue weighted by molar-refractivity contribution is 8.14. The van der Waals surface area contributed by atoms with Gasteiger partial charge in [0.15, 0.2) is 4.34 Å². The van der Waals surface area contributed by atoms with Gasteiger partial charge in [-0.25, -0.2) is 9.78 Å². The molecular formula is C14H14N2O3S2. The van der Waals surface area contributed by atoms with E-state index in [-0.39, 0.29) is 18.4 Å². The van der Waals surface area contributed by atoms with Gasteiger partial charge < -0.3 is 10.1 Å². The van der Waals surface area contributed by atoms with Crippen LogP contribution in [-0.4, -0.2) is 29.3 Å². The molecule has 0 spiro atoms. The number of hydrogen-bond acceptors (Lipinski definition) is 6. The first-order chi connectivity index (χ1) is 10.1. The van der Waals surface area contributed by atoms with Crippen molar-refractivity contribution in [2.75, 3.05) is 13.2 Å². The lowest BCUT2D eigenvalue weighted by molar-refractivity contribution is -0.138. The fourth-order valence-electron chi connectivity index (χ4n) is 1.43. The molecule has 2 aromatic rings. The van der Waals surface area contributed by atoms with E-state index in [4.69, 9.17) is 4.74 Å². The van der Waals surface area contributed by atoms with E-state index in [9.17, 15) is 9.59 Å². The number of thioether (sulfide) groups is 1. The van der Waals surface area contributed by atoms with Crippen LogP contribution in [0, 0.1) is 0 Å². The molecule has 7 heteroatoms. The number of aromatic nitrogens is 1. The number of thiazole rings is 1. The van der Waals surface area contributed by atoms with Crippen LogP contribution >= 0.6 is 23.1 Å². The molecular weight excluding hydrogens is 308 g/mol. The summed E-state index contributed by atoms with van der Waals surface area (Å²) in [4.78, 5) is 27.2. The molecule has 5 nitrogen and oxygen atoms in total. The maximum absolute atomic E-state index is 11.7. The van der Waals surface area contributed by atoms with Crippen LogP contribution in [0.15, 0.2) is 40.8 Å². The molecule has 0 radical (unpaired) electrons. The van der Waals surface area contributed by atoms with Gasteiger partial charge in [0.25, 0.3) is 5.24 Å². The number of esters is 1. The maximum Gasteiger partial charge on any atom is 0.333 e. The number of benzene rings is 1. The van der Waals surface area contributed by atoms with Crippen LogP contribution in [0.3, 0.4) is 0 Å². The lowest BCUT2D eigenvalue weighted by Crippen LogP contribution is -2.24. The summed E-state index contributed by atoms with van der Waals surface area (Å²) in [5.41, 5.74) is 1.22. The normalized spacial score (nSPS) is 10.3. The third kappa shape index (κ3) is 4.57. The van der Waals surface area contributed by atoms with Crippen molar-refractivity contribution >= 4 is 44.5 Å². The third-order valence-electron chi connectivity index (χ3n) is 2.41. The van der Waals surface area contributed by atoms with Gasteiger partial charge in [-0.05, 0) is 19.1 Å². The molecule has 0 saturated carbocycles. The molecule has 0 aliphatic heterocycles. The number of hydrogen-bond donors (Lipinski definition) is 1. The molecule has 0 saturated heterocycles. The summed E-state index contributed by atoms with van der Waals surface area (Å²) in [6.45, 7) is 5.43. The zero-order valence-corrected chi connectivity index (χ0v) is 13.1. The number of rotatable bonds is 5. The summed E-state index contributed by atoms with van der Waals surface area (Å²) < 4.78 is 6.61. The van der Waals surface area contributed by atoms with Gasteiger partial charge in [0, 0.05) is 17.3 Å². The summed E-state index contributed by atoms with van der Waals surface area (Å²) in [7, 11) is 0. The van der Waals surface area contributed by atoms with Gasteiger partial charge in [-0.15, -0.1) is 11.3 Å². The molecule has 0 bridgehead atoms. The zero-order valence-electron chi connectivity index (χ0n) is 11.4. The first-order valence-electron chi connectivity index (χ1n) is 6.20. The molecule has 0 aliphatic rings. The molecule has 0 atom stereocenters. The first-order valence-corrected chi connectivity index (χ1v) is 7.83. The van der Waals surface area contributed by atoms with E-state index in [2.05, 4.69) is 16.9 Å². The molecule has 2 rings (SSSR count). The van der Waals surface area contributed by atoms with E-state index < -0.39 is 5.97 Å². The molecule has 21 heavy (non-hydrogen) atoms. The zero-order chi connectivity index (χ0) is 15.2. The van der Waals surface area contributed by atoms with Crippen molar-refractivity contribution in [3.05, 3.63) is 36.4 Å². The van der Waals surface area contributed by atoms with Crippen LogP contribution in [0.5, 0.6) is 0 Å². The van der Waals surface area contributed by atoms with Crippen LogP contribution in [0.1, 0.15) is 6.92 Å². The van der Waals surface area contributed by atoms with Gasteiger partial charge in [0.2, 0.25) is 0 Å². The topological polar surface area (TPSA) is 68.3 Å². The number of carbonyl (C=O) groups excluding carboxylic acids is 2. The van der Waals surface area contributed by atoms with Crippen molar-refractivity contribution in [3.63, 3.8) is 0 Å². The summed E-state index contributed by atoms with van der Waals surface area (Å²) in [5, 5.41) is 2.43. The van der Waals surface area contributed by atoms with Crippen molar-refractivity contribution in [1.82, 2.24) is 10.3 Å². The van der Waals surface area contributed by atoms with Crippen LogP contribution in [0.25, 0.3) is 10.2 Å². The Morgan fingerprint density at radius 2 is 2.19 bits per heavy atom. The largest absolute Gasteiger partial charge is 0.460 e. The van der Waals surface area contributed by atoms with Crippen molar-refractivity contribution < 1.29 is 14.3 Å². The number of para-hydroxylation sites is 1. The second-order valence-corrected chi connectivity index (χ2v) is 6.43. The molecule has 1 amide bonds. The predicted octanol–water partition coefficient (Wildman–Crippen LogP) is 3.22. The molecule has 1 aromatic heterocycles. The molecule has 0 fully saturated rings. The van der Waals surface area contributed by atoms with Gasteiger partial charge in [-0.2, -0.15) is 0 Å². The number of ether oxygens (including phenoxy) is 1. The Bertz CT molecular complexity index is 649. The molecule has 1 aromatic carbocycles. The second-order valence-electron chi connectivity index (χ2n) is 4.18. The average molecular weight is 322 g/mol. The van der Waals surface area contributed by atoms with E-state index in [0.29, 0.717) is 9.91 Å². The van der Waals surface area contributed by atoms with Gasteiger partial charge in [0.1, 0.15) is 6.61 Å². The van der Waals surface area contributed by atoms with Crippen molar-refractivity contribution in [2.45, 2.75) is 11.3 Å². The second kappa shape index (κ2) is 7.24. The Morgan fingerprint density at radius 3 is 2.90 bits per heavy atom. The number of nitrogens with one attached hydrogen (secondary N) is 1. The van der Waals surface area contributed by atoms with E-state index in [1.54, 1.807) is 6.92 Å². The number of carbonyl (C=O) groups is 2. The minimum absolute atomic E-state index is 0.123. The summed E-state index contributed by atoms with van der Waals surface area (Å²) in [5.74, 6) is -0.455. The average Bonchev–Trinajstić information content (AvgIpc) is 2.85. The fourth-order valence-corrected chi connectivity index (χ4v) is 3.27. The Labute approximate surface area is 130 Å². The Balaban J connectivity index is 1.77. The van der Waals surface area contributed by atoms with E-state index >= 15 is 0 Å². The molecule has 110 valence electrons. The summed E-state index contributed by atoms with van der Waals surface area (Å²) in [6.07, 6.45) is 0. The van der Waals surface area contributed by atoms with E-state index in [1.165, 1.54) is 11.3 Å². The monoisotopic (exact) mass is 322 g/mol. The number of fused-ring (bicyclic) bond motifs is 1. The smallest absolute Gasteiger partial charge is 0.333 e. The standard InChI is InChI=1S/C14H14N2O3S2/c1-9(2)12(17)19-8-7-15-13(18)21-14-16-10-5-3-4-6-11(10)20-14/h3-6H,1,7-8H2,2H3,(H,15,18). The van der Waals surface area contributed by atoms with Crippen LogP contribution < -0.4 is 5.32 Å². The lowest BCUT2D eigenvalue weighted by Gasteiger charge is -2.05. The van der Waals surface area contributed by atoms with E-state index in [1.807, 2.05) is 24.3 Å². The minimum atomic E-state index is -0.455. The molecule has 0 unspecified atom stereocenters. The van der Waals surface area contributed by atoms with Gasteiger partial charge in [-0.1, -0.05) is 18.7 Å². The lowest BCUT2D eigenvalue weighted by atomic mass is 10.3. The fraction of sp³-hybridized carbons (Fsp3) is 0.214. The quantitative estimate of drug-likeness (QED) is 0.396. The van der Waals surface area contributed by atoms with Crippen molar-refractivity contribution in [1.29, 1.82) is 0 Å². The summed E-state index contributed by atoms with van der Waals surface area (Å²) in [6, 6.07) is 7.72.